The number of hydrogen-bond donors (Lipinski definition) is 0. The van der Waals surface area contributed by atoms with Crippen LogP contribution in [0.5, 0.6) is 0 Å². The molecular formula is C16H26N4O4S. The lowest BCUT2D eigenvalue weighted by Gasteiger charge is -2.23. The summed E-state index contributed by atoms with van der Waals surface area (Å²) in [6.45, 7) is 7.30. The van der Waals surface area contributed by atoms with E-state index in [2.05, 4.69) is 4.90 Å². The van der Waals surface area contributed by atoms with Crippen molar-refractivity contribution in [2.45, 2.75) is 25.2 Å². The summed E-state index contributed by atoms with van der Waals surface area (Å²) in [5.41, 5.74) is 0.330. The third kappa shape index (κ3) is 4.28. The first kappa shape index (κ1) is 19.6. The summed E-state index contributed by atoms with van der Waals surface area (Å²) in [6.07, 6.45) is 0.910. The third-order valence-electron chi connectivity index (χ3n) is 4.55. The van der Waals surface area contributed by atoms with Crippen LogP contribution in [0.15, 0.2) is 23.1 Å². The van der Waals surface area contributed by atoms with Gasteiger partial charge in [0, 0.05) is 38.8 Å². The predicted octanol–water partition coefficient (Wildman–Crippen LogP) is 1.77. The van der Waals surface area contributed by atoms with Gasteiger partial charge in [0.15, 0.2) is 0 Å². The maximum Gasteiger partial charge on any atom is 0.293 e. The van der Waals surface area contributed by atoms with Crippen LogP contribution in [-0.4, -0.2) is 68.9 Å². The lowest BCUT2D eigenvalue weighted by molar-refractivity contribution is -0.384. The second kappa shape index (κ2) is 8.11. The highest BCUT2D eigenvalue weighted by Crippen LogP contribution is 2.32. The van der Waals surface area contributed by atoms with Crippen LogP contribution in [0.4, 0.5) is 11.4 Å². The van der Waals surface area contributed by atoms with Crippen LogP contribution in [0.3, 0.4) is 0 Å². The van der Waals surface area contributed by atoms with Crippen molar-refractivity contribution in [3.63, 3.8) is 0 Å². The Morgan fingerprint density at radius 3 is 2.44 bits per heavy atom. The van der Waals surface area contributed by atoms with Crippen molar-refractivity contribution in [3.8, 4) is 0 Å². The van der Waals surface area contributed by atoms with Gasteiger partial charge in [-0.1, -0.05) is 13.8 Å². The van der Waals surface area contributed by atoms with E-state index in [1.54, 1.807) is 19.9 Å². The van der Waals surface area contributed by atoms with E-state index in [-0.39, 0.29) is 10.6 Å². The zero-order chi connectivity index (χ0) is 18.6. The molecule has 0 bridgehead atoms. The van der Waals surface area contributed by atoms with Crippen molar-refractivity contribution in [1.29, 1.82) is 0 Å². The van der Waals surface area contributed by atoms with E-state index in [1.165, 1.54) is 16.4 Å². The van der Waals surface area contributed by atoms with Gasteiger partial charge in [0.2, 0.25) is 10.0 Å². The first-order chi connectivity index (χ1) is 11.8. The third-order valence-corrected chi connectivity index (χ3v) is 6.59. The Kier molecular flexibility index (Phi) is 6.36. The minimum atomic E-state index is -3.72. The van der Waals surface area contributed by atoms with Gasteiger partial charge in [0.1, 0.15) is 5.69 Å². The second-order valence-corrected chi connectivity index (χ2v) is 8.08. The molecule has 0 aromatic heterocycles. The van der Waals surface area contributed by atoms with Gasteiger partial charge in [-0.05, 0) is 32.1 Å². The normalized spacial score (nSPS) is 16.9. The number of nitrogens with zero attached hydrogens (tertiary/aromatic N) is 4. The molecule has 0 spiro atoms. The topological polar surface area (TPSA) is 87.0 Å². The molecule has 1 fully saturated rings. The summed E-state index contributed by atoms with van der Waals surface area (Å²) < 4.78 is 26.6. The molecule has 8 nitrogen and oxygen atoms in total. The number of rotatable bonds is 6. The summed E-state index contributed by atoms with van der Waals surface area (Å²) >= 11 is 0. The molecule has 0 amide bonds. The molecular weight excluding hydrogens is 344 g/mol. The van der Waals surface area contributed by atoms with Crippen molar-refractivity contribution in [2.24, 2.45) is 0 Å². The Bertz CT molecular complexity index is 719. The van der Waals surface area contributed by atoms with E-state index >= 15 is 0 Å². The highest BCUT2D eigenvalue weighted by atomic mass is 32.2. The molecule has 0 N–H and O–H groups in total. The minimum absolute atomic E-state index is 0.0291. The van der Waals surface area contributed by atoms with Crippen LogP contribution in [-0.2, 0) is 10.0 Å². The Morgan fingerprint density at radius 1 is 1.16 bits per heavy atom. The van der Waals surface area contributed by atoms with Crippen molar-refractivity contribution in [2.75, 3.05) is 51.2 Å². The fraction of sp³-hybridized carbons (Fsp3) is 0.625. The summed E-state index contributed by atoms with van der Waals surface area (Å²) in [6, 6.07) is 4.24. The minimum Gasteiger partial charge on any atom is -0.365 e. The molecule has 9 heteroatoms. The maximum atomic E-state index is 12.6. The van der Waals surface area contributed by atoms with E-state index in [0.717, 1.165) is 19.5 Å². The molecule has 140 valence electrons. The maximum absolute atomic E-state index is 12.6. The zero-order valence-corrected chi connectivity index (χ0v) is 15.8. The van der Waals surface area contributed by atoms with Crippen LogP contribution in [0.1, 0.15) is 20.3 Å². The summed E-state index contributed by atoms with van der Waals surface area (Å²) in [5, 5.41) is 11.6. The average molecular weight is 370 g/mol. The monoisotopic (exact) mass is 370 g/mol. The van der Waals surface area contributed by atoms with E-state index in [0.29, 0.717) is 31.9 Å². The van der Waals surface area contributed by atoms with Gasteiger partial charge in [-0.15, -0.1) is 0 Å². The zero-order valence-electron chi connectivity index (χ0n) is 15.0. The largest absolute Gasteiger partial charge is 0.365 e. The molecule has 1 aromatic carbocycles. The van der Waals surface area contributed by atoms with Crippen LogP contribution in [0.25, 0.3) is 0 Å². The van der Waals surface area contributed by atoms with E-state index in [9.17, 15) is 18.5 Å². The van der Waals surface area contributed by atoms with E-state index < -0.39 is 14.9 Å². The summed E-state index contributed by atoms with van der Waals surface area (Å²) in [7, 11) is -1.69. The van der Waals surface area contributed by atoms with Crippen molar-refractivity contribution in [1.82, 2.24) is 9.21 Å². The van der Waals surface area contributed by atoms with Gasteiger partial charge < -0.3 is 9.80 Å². The molecule has 1 saturated heterocycles. The van der Waals surface area contributed by atoms with Gasteiger partial charge >= 0.3 is 0 Å². The summed E-state index contributed by atoms with van der Waals surface area (Å²) in [5.74, 6) is 0. The summed E-state index contributed by atoms with van der Waals surface area (Å²) in [4.78, 5) is 15.2. The number of hydrogen-bond acceptors (Lipinski definition) is 6. The first-order valence-corrected chi connectivity index (χ1v) is 9.97. The number of nitro benzene ring substituents is 1. The fourth-order valence-corrected chi connectivity index (χ4v) is 4.56. The molecule has 0 aliphatic carbocycles. The highest BCUT2D eigenvalue weighted by molar-refractivity contribution is 7.89. The molecule has 2 rings (SSSR count). The number of likely N-dealkylation sites (N-methyl/N-ethyl adjacent to an activating group) is 1. The highest BCUT2D eigenvalue weighted by Gasteiger charge is 2.27. The second-order valence-electron chi connectivity index (χ2n) is 6.14. The van der Waals surface area contributed by atoms with E-state index in [4.69, 9.17) is 0 Å². The molecule has 1 aliphatic rings. The Labute approximate surface area is 149 Å². The van der Waals surface area contributed by atoms with E-state index in [1.807, 2.05) is 11.9 Å². The Morgan fingerprint density at radius 2 is 1.84 bits per heavy atom. The van der Waals surface area contributed by atoms with Gasteiger partial charge in [-0.25, -0.2) is 8.42 Å². The van der Waals surface area contributed by atoms with Crippen LogP contribution in [0, 0.1) is 10.1 Å². The molecule has 25 heavy (non-hydrogen) atoms. The number of sulfonamides is 1. The molecule has 0 saturated carbocycles. The quantitative estimate of drug-likeness (QED) is 0.560. The van der Waals surface area contributed by atoms with Gasteiger partial charge in [0.05, 0.1) is 9.82 Å². The van der Waals surface area contributed by atoms with Crippen LogP contribution in [0.2, 0.25) is 0 Å². The lowest BCUT2D eigenvalue weighted by Crippen LogP contribution is -2.31. The number of benzene rings is 1. The molecule has 1 aromatic rings. The molecule has 1 aliphatic heterocycles. The van der Waals surface area contributed by atoms with Crippen LogP contribution < -0.4 is 4.90 Å². The molecule has 0 unspecified atom stereocenters. The molecule has 1 heterocycles. The number of anilines is 1. The standard InChI is InChI=1S/C16H26N4O4S/c1-4-19(5-2)25(23,24)14-7-8-15(16(13-14)20(21)22)18-10-6-9-17(3)11-12-18/h7-8,13H,4-6,9-12H2,1-3H3. The van der Waals surface area contributed by atoms with Crippen molar-refractivity contribution >= 4 is 21.4 Å². The van der Waals surface area contributed by atoms with Crippen molar-refractivity contribution < 1.29 is 13.3 Å². The molecule has 0 radical (unpaired) electrons. The average Bonchev–Trinajstić information content (AvgIpc) is 2.79. The Balaban J connectivity index is 2.43. The Hall–Kier alpha value is -1.71. The van der Waals surface area contributed by atoms with Gasteiger partial charge in [-0.2, -0.15) is 4.31 Å². The van der Waals surface area contributed by atoms with Crippen molar-refractivity contribution in [3.05, 3.63) is 28.3 Å². The predicted molar refractivity (Wildman–Crippen MR) is 97.5 cm³/mol. The molecule has 0 atom stereocenters. The fourth-order valence-electron chi connectivity index (χ4n) is 3.08. The first-order valence-electron chi connectivity index (χ1n) is 8.53. The SMILES string of the molecule is CCN(CC)S(=O)(=O)c1ccc(N2CCCN(C)CC2)c([N+](=O)[O-])c1. The lowest BCUT2D eigenvalue weighted by atomic mass is 10.2. The van der Waals surface area contributed by atoms with Crippen LogP contribution >= 0.6 is 0 Å². The number of nitro groups is 1. The smallest absolute Gasteiger partial charge is 0.293 e. The van der Waals surface area contributed by atoms with Gasteiger partial charge in [0.25, 0.3) is 5.69 Å². The van der Waals surface area contributed by atoms with Gasteiger partial charge in [-0.3, -0.25) is 10.1 Å².